The van der Waals surface area contributed by atoms with E-state index in [1.807, 2.05) is 6.92 Å². The molecule has 1 fully saturated rings. The van der Waals surface area contributed by atoms with Gasteiger partial charge >= 0.3 is 6.18 Å². The summed E-state index contributed by atoms with van der Waals surface area (Å²) in [5.74, 6) is -2.49. The van der Waals surface area contributed by atoms with Crippen LogP contribution in [0.4, 0.5) is 13.2 Å². The Morgan fingerprint density at radius 3 is 2.52 bits per heavy atom. The monoisotopic (exact) mass is 462 g/mol. The van der Waals surface area contributed by atoms with Gasteiger partial charge in [0.15, 0.2) is 5.58 Å². The van der Waals surface area contributed by atoms with E-state index in [2.05, 4.69) is 6.92 Å². The van der Waals surface area contributed by atoms with Crippen molar-refractivity contribution < 1.29 is 32.3 Å². The van der Waals surface area contributed by atoms with Gasteiger partial charge in [-0.1, -0.05) is 19.1 Å². The van der Waals surface area contributed by atoms with Gasteiger partial charge in [0.05, 0.1) is 23.5 Å². The van der Waals surface area contributed by atoms with Crippen molar-refractivity contribution in [3.05, 3.63) is 63.5 Å². The zero-order valence-corrected chi connectivity index (χ0v) is 18.6. The quantitative estimate of drug-likeness (QED) is 0.570. The lowest BCUT2D eigenvalue weighted by molar-refractivity contribution is -0.941. The molecule has 3 aromatic rings. The van der Waals surface area contributed by atoms with E-state index in [4.69, 9.17) is 9.15 Å². The van der Waals surface area contributed by atoms with Gasteiger partial charge in [0.25, 0.3) is 5.76 Å². The van der Waals surface area contributed by atoms with Crippen LogP contribution in [0.25, 0.3) is 11.0 Å². The molecule has 5 nitrogen and oxygen atoms in total. The molecule has 8 heteroatoms. The topological polar surface area (TPSA) is 64.1 Å². The molecule has 1 aromatic heterocycles. The zero-order valence-electron chi connectivity index (χ0n) is 18.6. The van der Waals surface area contributed by atoms with Crippen molar-refractivity contribution in [2.75, 3.05) is 6.54 Å². The first-order valence-electron chi connectivity index (χ1n) is 11.2. The second-order valence-corrected chi connectivity index (χ2v) is 8.61. The van der Waals surface area contributed by atoms with E-state index in [9.17, 15) is 23.1 Å². The summed E-state index contributed by atoms with van der Waals surface area (Å²) >= 11 is 0. The third kappa shape index (κ3) is 4.71. The predicted octanol–water partition coefficient (Wildman–Crippen LogP) is 4.83. The molecule has 0 radical (unpaired) electrons. The number of nitrogens with one attached hydrogen (secondary N) is 1. The maximum Gasteiger partial charge on any atom is 0.453 e. The van der Waals surface area contributed by atoms with Crippen molar-refractivity contribution in [3.8, 4) is 17.2 Å². The Kier molecular flexibility index (Phi) is 6.38. The number of halogens is 3. The molecule has 0 amide bonds. The molecule has 2 N–H and O–H groups in total. The van der Waals surface area contributed by atoms with Crippen LogP contribution in [0.1, 0.15) is 50.0 Å². The van der Waals surface area contributed by atoms with Gasteiger partial charge in [0, 0.05) is 0 Å². The van der Waals surface area contributed by atoms with Gasteiger partial charge in [-0.25, -0.2) is 0 Å². The molecule has 0 spiro atoms. The molecule has 1 aliphatic rings. The highest BCUT2D eigenvalue weighted by molar-refractivity contribution is 5.83. The van der Waals surface area contributed by atoms with Crippen molar-refractivity contribution >= 4 is 11.0 Å². The highest BCUT2D eigenvalue weighted by Crippen LogP contribution is 2.39. The van der Waals surface area contributed by atoms with Crippen molar-refractivity contribution in [1.82, 2.24) is 0 Å². The van der Waals surface area contributed by atoms with Gasteiger partial charge in [0.2, 0.25) is 11.2 Å². The first-order chi connectivity index (χ1) is 15.7. The van der Waals surface area contributed by atoms with Crippen LogP contribution in [0.5, 0.6) is 17.2 Å². The number of quaternary nitrogens is 1. The predicted molar refractivity (Wildman–Crippen MR) is 118 cm³/mol. The van der Waals surface area contributed by atoms with Crippen molar-refractivity contribution in [2.45, 2.75) is 58.3 Å². The number of hydrogen-bond acceptors (Lipinski definition) is 4. The van der Waals surface area contributed by atoms with Crippen LogP contribution >= 0.6 is 0 Å². The lowest BCUT2D eigenvalue weighted by Crippen LogP contribution is -3.14. The van der Waals surface area contributed by atoms with E-state index in [-0.39, 0.29) is 40.6 Å². The fourth-order valence-corrected chi connectivity index (χ4v) is 4.39. The van der Waals surface area contributed by atoms with Crippen molar-refractivity contribution in [2.24, 2.45) is 0 Å². The molecule has 0 aliphatic carbocycles. The number of likely N-dealkylation sites (tertiary alicyclic amines) is 1. The Morgan fingerprint density at radius 2 is 1.88 bits per heavy atom. The number of alkyl halides is 3. The second-order valence-electron chi connectivity index (χ2n) is 8.61. The summed E-state index contributed by atoms with van der Waals surface area (Å²) in [7, 11) is 0. The third-order valence-electron chi connectivity index (χ3n) is 6.39. The fraction of sp³-hybridized carbons (Fsp3) is 0.400. The van der Waals surface area contributed by atoms with Crippen molar-refractivity contribution in [3.63, 3.8) is 0 Å². The lowest BCUT2D eigenvalue weighted by Gasteiger charge is -2.30. The minimum atomic E-state index is -4.96. The van der Waals surface area contributed by atoms with Gasteiger partial charge in [-0.3, -0.25) is 4.79 Å². The molecule has 4 rings (SSSR count). The number of rotatable bonds is 5. The standard InChI is InChI=1S/C25H26F3NO4/c1-3-16-7-9-17(10-8-16)32-23-21(31)18-11-12-20(30)19(14-29-13-5-4-6-15(29)2)22(18)33-24(23)25(26,27)28/h7-12,15,30H,3-6,13-14H2,1-2H3/p+1/t15-/m1/s1. The Hall–Kier alpha value is -3.00. The summed E-state index contributed by atoms with van der Waals surface area (Å²) in [4.78, 5) is 14.3. The number of aryl methyl sites for hydroxylation is 1. The number of phenolic OH excluding ortho intramolecular Hbond substituents is 1. The summed E-state index contributed by atoms with van der Waals surface area (Å²) in [5, 5.41) is 10.4. The number of aromatic hydroxyl groups is 1. The van der Waals surface area contributed by atoms with E-state index in [0.29, 0.717) is 0 Å². The minimum Gasteiger partial charge on any atom is -0.507 e. The maximum atomic E-state index is 14.0. The summed E-state index contributed by atoms with van der Waals surface area (Å²) in [6.45, 7) is 5.13. The number of fused-ring (bicyclic) bond motifs is 1. The summed E-state index contributed by atoms with van der Waals surface area (Å²) in [6, 6.07) is 9.39. The zero-order chi connectivity index (χ0) is 23.8. The molecular weight excluding hydrogens is 435 g/mol. The largest absolute Gasteiger partial charge is 0.507 e. The molecule has 1 aliphatic heterocycles. The third-order valence-corrected chi connectivity index (χ3v) is 6.39. The molecule has 2 heterocycles. The Balaban J connectivity index is 1.85. The summed E-state index contributed by atoms with van der Waals surface area (Å²) in [6.07, 6.45) is -1.11. The number of benzene rings is 2. The Labute approximate surface area is 189 Å². The molecule has 2 aromatic carbocycles. The average Bonchev–Trinajstić information content (AvgIpc) is 2.78. The smallest absolute Gasteiger partial charge is 0.453 e. The van der Waals surface area contributed by atoms with Gasteiger partial charge in [-0.15, -0.1) is 0 Å². The number of phenols is 1. The first kappa shape index (κ1) is 23.2. The normalized spacial score (nSPS) is 19.1. The van der Waals surface area contributed by atoms with Crippen LogP contribution in [0.2, 0.25) is 0 Å². The Bertz CT molecular complexity index is 1200. The molecule has 1 unspecified atom stereocenters. The number of hydrogen-bond donors (Lipinski definition) is 2. The fourth-order valence-electron chi connectivity index (χ4n) is 4.39. The van der Waals surface area contributed by atoms with E-state index in [1.165, 1.54) is 24.3 Å². The van der Waals surface area contributed by atoms with Crippen LogP contribution < -0.4 is 15.1 Å². The SMILES string of the molecule is CCc1ccc(Oc2c(C(F)(F)F)oc3c(C[NH+]4CCCC[C@H]4C)c(O)ccc3c2=O)cc1. The lowest BCUT2D eigenvalue weighted by atomic mass is 10.0. The molecule has 1 saturated heterocycles. The first-order valence-corrected chi connectivity index (χ1v) is 11.2. The van der Waals surface area contributed by atoms with Gasteiger partial charge in [-0.05, 0) is 62.4 Å². The summed E-state index contributed by atoms with van der Waals surface area (Å²) in [5.41, 5.74) is 0.0218. The van der Waals surface area contributed by atoms with Crippen LogP contribution in [0, 0.1) is 0 Å². The average molecular weight is 462 g/mol. The minimum absolute atomic E-state index is 0.0555. The number of ether oxygens (including phenoxy) is 1. The van der Waals surface area contributed by atoms with Crippen LogP contribution in [0.15, 0.2) is 45.6 Å². The Morgan fingerprint density at radius 1 is 1.15 bits per heavy atom. The van der Waals surface area contributed by atoms with E-state index in [1.54, 1.807) is 12.1 Å². The molecular formula is C25H27F3NO4+. The molecule has 33 heavy (non-hydrogen) atoms. The van der Waals surface area contributed by atoms with Gasteiger partial charge < -0.3 is 19.2 Å². The van der Waals surface area contributed by atoms with Crippen molar-refractivity contribution in [1.29, 1.82) is 0 Å². The van der Waals surface area contributed by atoms with E-state index < -0.39 is 23.1 Å². The van der Waals surface area contributed by atoms with Gasteiger partial charge in [0.1, 0.15) is 18.0 Å². The second kappa shape index (κ2) is 9.09. The summed E-state index contributed by atoms with van der Waals surface area (Å²) < 4.78 is 52.6. The molecule has 0 saturated carbocycles. The van der Waals surface area contributed by atoms with E-state index >= 15 is 0 Å². The maximum absolute atomic E-state index is 14.0. The highest BCUT2D eigenvalue weighted by Gasteiger charge is 2.41. The molecule has 2 atom stereocenters. The molecule has 176 valence electrons. The van der Waals surface area contributed by atoms with Crippen LogP contribution in [-0.2, 0) is 19.1 Å². The molecule has 0 bridgehead atoms. The van der Waals surface area contributed by atoms with E-state index in [0.717, 1.165) is 42.7 Å². The van der Waals surface area contributed by atoms with Gasteiger partial charge in [-0.2, -0.15) is 13.2 Å². The number of piperidine rings is 1. The van der Waals surface area contributed by atoms with Crippen LogP contribution in [0.3, 0.4) is 0 Å². The van der Waals surface area contributed by atoms with Crippen LogP contribution in [-0.4, -0.2) is 17.7 Å². The highest BCUT2D eigenvalue weighted by atomic mass is 19.4.